The number of alkyl halides is 2. The highest BCUT2D eigenvalue weighted by molar-refractivity contribution is 7.94. The number of carbonyl (C=O) groups excluding carboxylic acids is 1. The lowest BCUT2D eigenvalue weighted by Crippen LogP contribution is -2.36. The largest absolute Gasteiger partial charge is 0.778 e. The van der Waals surface area contributed by atoms with E-state index < -0.39 is 86.4 Å². The Kier molecular flexibility index (Phi) is 21.8. The fourth-order valence-electron chi connectivity index (χ4n) is 4.07. The zero-order valence-electron chi connectivity index (χ0n) is 34.2. The topological polar surface area (TPSA) is 370 Å². The van der Waals surface area contributed by atoms with Crippen molar-refractivity contribution in [2.75, 3.05) is 62.1 Å². The van der Waals surface area contributed by atoms with Crippen LogP contribution < -0.4 is 40.1 Å². The number of amides is 2. The number of aliphatic carboxylic acids is 1. The van der Waals surface area contributed by atoms with E-state index in [0.717, 1.165) is 19.4 Å². The number of halogens is 5. The van der Waals surface area contributed by atoms with Crippen LogP contribution >= 0.6 is 42.4 Å². The Hall–Kier alpha value is -4.85. The van der Waals surface area contributed by atoms with Crippen LogP contribution in [0, 0.1) is 6.92 Å². The molecule has 0 aliphatic rings. The SMILES string of the molecule is COc1cc(OC)nc(NC(=O)NS(=O)(=O)c2c(C(=O)O)c(Cl)nn2C)n1.C[S+](C)C.Cc1nn(-c2cc(NS(C)(=O)=O)c(Cl)cc2Cl)c(=O)n1C(F)F.O=C(O)CNCP(=O)([O-])O. The highest BCUT2D eigenvalue weighted by Crippen LogP contribution is 2.32. The highest BCUT2D eigenvalue weighted by atomic mass is 35.5. The molecule has 3 aromatic heterocycles. The van der Waals surface area contributed by atoms with Crippen LogP contribution in [0.1, 0.15) is 22.7 Å². The monoisotopic (exact) mass is 1050 g/mol. The molecular formula is C29H39Cl3F2N11O15PS3. The van der Waals surface area contributed by atoms with E-state index >= 15 is 0 Å². The van der Waals surface area contributed by atoms with Crippen molar-refractivity contribution in [1.29, 1.82) is 0 Å². The van der Waals surface area contributed by atoms with Crippen LogP contribution in [-0.4, -0.2) is 136 Å². The second kappa shape index (κ2) is 24.4. The quantitative estimate of drug-likeness (QED) is 0.0688. The predicted molar refractivity (Wildman–Crippen MR) is 227 cm³/mol. The third-order valence-corrected chi connectivity index (χ3v) is 9.82. The summed E-state index contributed by atoms with van der Waals surface area (Å²) in [5.41, 5.74) is -2.05. The number of carboxylic acid groups (broad SMARTS) is 2. The van der Waals surface area contributed by atoms with E-state index in [-0.39, 0.29) is 49.5 Å². The Morgan fingerprint density at radius 1 is 0.984 bits per heavy atom. The number of aryl methyl sites for hydroxylation is 2. The van der Waals surface area contributed by atoms with Gasteiger partial charge in [-0.25, -0.2) is 32.1 Å². The van der Waals surface area contributed by atoms with Gasteiger partial charge in [0.1, 0.15) is 19.0 Å². The number of aromatic nitrogens is 7. The number of hydrogen-bond acceptors (Lipinski definition) is 17. The molecule has 0 radical (unpaired) electrons. The Morgan fingerprint density at radius 3 is 1.94 bits per heavy atom. The fraction of sp³-hybridized carbons (Fsp3) is 0.379. The number of benzene rings is 1. The lowest BCUT2D eigenvalue weighted by Gasteiger charge is -2.14. The number of carboxylic acids is 2. The van der Waals surface area contributed by atoms with Gasteiger partial charge in [0.25, 0.3) is 10.0 Å². The molecule has 358 valence electrons. The maximum Gasteiger partial charge on any atom is 0.355 e. The molecule has 0 spiro atoms. The smallest absolute Gasteiger partial charge is 0.355 e. The molecule has 26 nitrogen and oxygen atoms in total. The van der Waals surface area contributed by atoms with Gasteiger partial charge in [-0.3, -0.25) is 24.8 Å². The number of methoxy groups -OCH3 is 2. The van der Waals surface area contributed by atoms with Crippen LogP contribution in [0.5, 0.6) is 11.8 Å². The van der Waals surface area contributed by atoms with E-state index in [1.807, 2.05) is 5.32 Å². The molecule has 3 heterocycles. The Morgan fingerprint density at radius 2 is 1.52 bits per heavy atom. The molecule has 7 N–H and O–H groups in total. The third kappa shape index (κ3) is 18.7. The lowest BCUT2D eigenvalue weighted by molar-refractivity contribution is -0.193. The Bertz CT molecular complexity index is 2620. The third-order valence-electron chi connectivity index (χ3n) is 6.29. The van der Waals surface area contributed by atoms with Crippen molar-refractivity contribution in [2.45, 2.75) is 18.5 Å². The number of ether oxygens (including phenoxy) is 2. The summed E-state index contributed by atoms with van der Waals surface area (Å²) in [6.07, 6.45) is 6.78. The average molecular weight is 1050 g/mol. The number of nitrogens with zero attached hydrogens (tertiary/aromatic N) is 7. The molecule has 0 saturated heterocycles. The maximum atomic E-state index is 12.8. The predicted octanol–water partition coefficient (Wildman–Crippen LogP) is 1.16. The molecule has 0 aliphatic carbocycles. The minimum absolute atomic E-state index is 0.0257. The van der Waals surface area contributed by atoms with E-state index in [0.29, 0.717) is 20.3 Å². The number of hydrogen-bond donors (Lipinski definition) is 7. The number of aromatic carboxylic acids is 1. The lowest BCUT2D eigenvalue weighted by atomic mass is 10.3. The molecule has 2 amide bonds. The van der Waals surface area contributed by atoms with Crippen molar-refractivity contribution in [2.24, 2.45) is 7.05 Å². The van der Waals surface area contributed by atoms with Crippen molar-refractivity contribution < 1.29 is 74.0 Å². The molecule has 0 aliphatic heterocycles. The van der Waals surface area contributed by atoms with Crippen LogP contribution in [0.4, 0.5) is 25.2 Å². The first kappa shape index (κ1) is 57.2. The molecule has 0 fully saturated rings. The zero-order valence-corrected chi connectivity index (χ0v) is 39.8. The van der Waals surface area contributed by atoms with Gasteiger partial charge < -0.3 is 34.0 Å². The fourth-order valence-corrected chi connectivity index (χ4v) is 7.17. The van der Waals surface area contributed by atoms with E-state index in [9.17, 15) is 54.3 Å². The van der Waals surface area contributed by atoms with Crippen molar-refractivity contribution in [3.05, 3.63) is 55.3 Å². The summed E-state index contributed by atoms with van der Waals surface area (Å²) >= 11 is 17.5. The maximum absolute atomic E-state index is 12.8. The summed E-state index contributed by atoms with van der Waals surface area (Å²) < 4.78 is 98.1. The van der Waals surface area contributed by atoms with Crippen molar-refractivity contribution in [1.82, 2.24) is 44.1 Å². The van der Waals surface area contributed by atoms with Crippen molar-refractivity contribution in [3.63, 3.8) is 0 Å². The van der Waals surface area contributed by atoms with Gasteiger partial charge in [0.05, 0.1) is 79.6 Å². The van der Waals surface area contributed by atoms with Gasteiger partial charge in [-0.2, -0.15) is 36.9 Å². The van der Waals surface area contributed by atoms with Gasteiger partial charge >= 0.3 is 30.2 Å². The first-order valence-electron chi connectivity index (χ1n) is 16.4. The summed E-state index contributed by atoms with van der Waals surface area (Å²) in [5.74, 6) is -3.25. The van der Waals surface area contributed by atoms with Crippen LogP contribution in [0.25, 0.3) is 5.69 Å². The minimum atomic E-state index is -4.64. The summed E-state index contributed by atoms with van der Waals surface area (Å²) in [7, 11) is -8.21. The number of rotatable bonds is 14. The number of nitrogens with one attached hydrogen (secondary N) is 4. The van der Waals surface area contributed by atoms with Gasteiger partial charge in [-0.15, -0.1) is 5.10 Å². The van der Waals surface area contributed by atoms with Gasteiger partial charge in [-0.05, 0) is 30.0 Å². The van der Waals surface area contributed by atoms with Gasteiger partial charge in [-0.1, -0.05) is 34.8 Å². The van der Waals surface area contributed by atoms with Crippen LogP contribution in [-0.2, 0) is 47.3 Å². The number of carbonyl (C=O) groups is 3. The van der Waals surface area contributed by atoms with E-state index in [1.54, 1.807) is 4.72 Å². The normalized spacial score (nSPS) is 12.0. The van der Waals surface area contributed by atoms with Gasteiger partial charge in [0.2, 0.25) is 27.7 Å². The van der Waals surface area contributed by atoms with Crippen molar-refractivity contribution in [3.8, 4) is 17.4 Å². The van der Waals surface area contributed by atoms with Crippen molar-refractivity contribution >= 4 is 103 Å². The standard InChI is InChI=1S/C12H13ClN6O7S.C11H10Cl2F2N4O3S.C3H8NO5P.C3H9S/c1-19-9(7(10(20)21)8(13)17-19)27(23,24)18-12(22)16-11-14-5(25-2)4-6(15-11)26-3;1-5-16-19(11(20)18(5)10(14)15)9-4-8(17-23(2,21)22)6(12)3-7(9)13;5-3(6)1-4-2-10(7,8)9;1-4(2)3/h4H,1-3H3,(H,20,21)(H2,14,15,16,18,22);3-4,10,17H,1-2H3;4H,1-2H2,(H,5,6)(H2,7,8,9);1-3H3/q;;;+1/p-1. The molecule has 0 bridgehead atoms. The zero-order chi connectivity index (χ0) is 49.7. The highest BCUT2D eigenvalue weighted by Gasteiger charge is 2.32. The van der Waals surface area contributed by atoms with E-state index in [2.05, 4.69) is 49.0 Å². The molecule has 64 heavy (non-hydrogen) atoms. The average Bonchev–Trinajstić information content (AvgIpc) is 3.61. The molecule has 4 aromatic rings. The first-order valence-corrected chi connectivity index (χ1v) is 25.1. The summed E-state index contributed by atoms with van der Waals surface area (Å²) in [5, 5.41) is 27.0. The molecule has 35 heteroatoms. The van der Waals surface area contributed by atoms with Crippen LogP contribution in [0.2, 0.25) is 15.2 Å². The van der Waals surface area contributed by atoms with E-state index in [4.69, 9.17) is 59.4 Å². The van der Waals surface area contributed by atoms with E-state index in [1.165, 1.54) is 33.3 Å². The molecule has 4 rings (SSSR count). The Labute approximate surface area is 379 Å². The number of urea groups is 1. The molecule has 1 unspecified atom stereocenters. The first-order chi connectivity index (χ1) is 29.2. The molecular weight excluding hydrogens is 1010 g/mol. The Balaban J connectivity index is 0.000000499. The van der Waals surface area contributed by atoms with Gasteiger partial charge in [0, 0.05) is 7.05 Å². The summed E-state index contributed by atoms with van der Waals surface area (Å²) in [6.45, 7) is -2.33. The molecule has 0 saturated carbocycles. The van der Waals surface area contributed by atoms with Crippen LogP contribution in [0.3, 0.4) is 0 Å². The number of anilines is 2. The summed E-state index contributed by atoms with van der Waals surface area (Å²) in [6, 6.07) is 2.38. The minimum Gasteiger partial charge on any atom is -0.778 e. The number of sulfonamides is 2. The second-order valence-corrected chi connectivity index (χ2v) is 20.7. The second-order valence-electron chi connectivity index (χ2n) is 12.1. The molecule has 1 atom stereocenters. The summed E-state index contributed by atoms with van der Waals surface area (Å²) in [4.78, 5) is 70.6. The van der Waals surface area contributed by atoms with Crippen LogP contribution in [0.15, 0.2) is 28.0 Å². The van der Waals surface area contributed by atoms with Gasteiger partial charge in [0.15, 0.2) is 10.2 Å². The molecule has 1 aromatic carbocycles.